The third kappa shape index (κ3) is 40.5. The summed E-state index contributed by atoms with van der Waals surface area (Å²) in [4.78, 5) is 0. The van der Waals surface area contributed by atoms with Crippen LogP contribution < -0.4 is 0 Å². The van der Waals surface area contributed by atoms with Crippen LogP contribution in [0.4, 0.5) is 0 Å². The van der Waals surface area contributed by atoms with E-state index in [4.69, 9.17) is 0 Å². The molecule has 1 heteroatoms. The van der Waals surface area contributed by atoms with Crippen LogP contribution in [0.5, 0.6) is 0 Å². The number of rotatable bonds is 38. The molecule has 0 amide bonds. The van der Waals surface area contributed by atoms with Crippen LogP contribution in [-0.2, 0) is 0 Å². The molecule has 0 N–H and O–H groups in total. The molecule has 0 spiro atoms. The summed E-state index contributed by atoms with van der Waals surface area (Å²) in [5, 5.41) is 3.16. The van der Waals surface area contributed by atoms with Gasteiger partial charge in [0.1, 0.15) is 0 Å². The van der Waals surface area contributed by atoms with Crippen LogP contribution in [0.25, 0.3) is 0 Å². The number of hydrogen-bond donors (Lipinski definition) is 0. The van der Waals surface area contributed by atoms with Crippen molar-refractivity contribution in [2.75, 3.05) is 0 Å². The van der Waals surface area contributed by atoms with Crippen molar-refractivity contribution in [3.05, 3.63) is 0 Å². The fraction of sp³-hybridized carbons (Fsp3) is 1.00. The average molecular weight is 591 g/mol. The SMILES string of the molecule is CCCCCCCCCCCCCCCCCCC[CH2][Al+][CH2]CCCCCCCCCCCCCCCCCCC.[H-]. The molecule has 0 aliphatic heterocycles. The molecule has 0 heterocycles. The third-order valence-electron chi connectivity index (χ3n) is 9.52. The zero-order valence-corrected chi connectivity index (χ0v) is 30.6. The summed E-state index contributed by atoms with van der Waals surface area (Å²) in [7, 11) is 0. The Hall–Kier alpha value is 0.532. The molecule has 0 saturated carbocycles. The van der Waals surface area contributed by atoms with Crippen molar-refractivity contribution < 1.29 is 1.43 Å². The summed E-state index contributed by atoms with van der Waals surface area (Å²) in [5.74, 6) is 0. The summed E-state index contributed by atoms with van der Waals surface area (Å²) >= 11 is 0.765. The van der Waals surface area contributed by atoms with Gasteiger partial charge >= 0.3 is 167 Å². The van der Waals surface area contributed by atoms with Crippen molar-refractivity contribution in [2.24, 2.45) is 0 Å². The molecular weight excluding hydrogens is 507 g/mol. The fourth-order valence-corrected chi connectivity index (χ4v) is 7.97. The molecule has 0 aliphatic carbocycles. The second kappa shape index (κ2) is 40.5. The van der Waals surface area contributed by atoms with Gasteiger partial charge in [-0.15, -0.1) is 0 Å². The summed E-state index contributed by atoms with van der Waals surface area (Å²) in [6, 6.07) is 0. The zero-order chi connectivity index (χ0) is 29.6. The first kappa shape index (κ1) is 41.5. The second-order valence-corrected chi connectivity index (χ2v) is 15.6. The molecule has 0 aromatic carbocycles. The Kier molecular flexibility index (Phi) is 41.1. The summed E-state index contributed by atoms with van der Waals surface area (Å²) in [5.41, 5.74) is 0. The first-order valence-electron chi connectivity index (χ1n) is 20.2. The van der Waals surface area contributed by atoms with Gasteiger partial charge < -0.3 is 1.43 Å². The van der Waals surface area contributed by atoms with Crippen LogP contribution >= 0.6 is 0 Å². The van der Waals surface area contributed by atoms with Crippen molar-refractivity contribution in [1.29, 1.82) is 0 Å². The maximum atomic E-state index is 2.31. The Bertz CT molecular complexity index is 388. The molecule has 41 heavy (non-hydrogen) atoms. The first-order valence-corrected chi connectivity index (χ1v) is 21.9. The van der Waals surface area contributed by atoms with Crippen LogP contribution in [0.3, 0.4) is 0 Å². The van der Waals surface area contributed by atoms with Gasteiger partial charge in [0.05, 0.1) is 0 Å². The van der Waals surface area contributed by atoms with Gasteiger partial charge in [0.2, 0.25) is 0 Å². The Balaban J connectivity index is 0. The van der Waals surface area contributed by atoms with Crippen molar-refractivity contribution >= 4 is 15.2 Å². The van der Waals surface area contributed by atoms with E-state index in [9.17, 15) is 0 Å². The van der Waals surface area contributed by atoms with Gasteiger partial charge in [-0.25, -0.2) is 0 Å². The third-order valence-corrected chi connectivity index (χ3v) is 11.2. The molecule has 0 saturated heterocycles. The van der Waals surface area contributed by atoms with Crippen LogP contribution in [-0.4, -0.2) is 15.2 Å². The molecule has 0 rings (SSSR count). The first-order chi connectivity index (χ1) is 20.4. The summed E-state index contributed by atoms with van der Waals surface area (Å²) in [6.07, 6.45) is 53.6. The molecule has 0 unspecified atom stereocenters. The van der Waals surface area contributed by atoms with Crippen LogP contribution in [0.2, 0.25) is 10.6 Å². The van der Waals surface area contributed by atoms with Crippen LogP contribution in [0, 0.1) is 0 Å². The monoisotopic (exact) mass is 591 g/mol. The Morgan fingerprint density at radius 2 is 0.366 bits per heavy atom. The molecular formula is C40H83Al. The molecule has 0 aromatic rings. The predicted octanol–water partition coefficient (Wildman–Crippen LogP) is 15.7. The predicted molar refractivity (Wildman–Crippen MR) is 194 cm³/mol. The maximum absolute atomic E-state index is 2.31. The Morgan fingerprint density at radius 3 is 0.537 bits per heavy atom. The van der Waals surface area contributed by atoms with Crippen molar-refractivity contribution in [2.45, 2.75) is 256 Å². The normalized spacial score (nSPS) is 11.4. The minimum atomic E-state index is 0. The number of hydrogen-bond acceptors (Lipinski definition) is 0. The molecule has 0 nitrogen and oxygen atoms in total. The van der Waals surface area contributed by atoms with E-state index in [1.807, 2.05) is 0 Å². The van der Waals surface area contributed by atoms with Crippen molar-refractivity contribution in [3.8, 4) is 0 Å². The van der Waals surface area contributed by atoms with Crippen molar-refractivity contribution in [1.82, 2.24) is 0 Å². The average Bonchev–Trinajstić information content (AvgIpc) is 2.98. The van der Waals surface area contributed by atoms with E-state index < -0.39 is 0 Å². The Labute approximate surface area is 271 Å². The second-order valence-electron chi connectivity index (χ2n) is 13.9. The van der Waals surface area contributed by atoms with Gasteiger partial charge in [-0.1, -0.05) is 104 Å². The molecule has 0 radical (unpaired) electrons. The van der Waals surface area contributed by atoms with Gasteiger partial charge in [0.15, 0.2) is 0 Å². The summed E-state index contributed by atoms with van der Waals surface area (Å²) in [6.45, 7) is 4.62. The van der Waals surface area contributed by atoms with E-state index in [0.717, 1.165) is 15.2 Å². The topological polar surface area (TPSA) is 0 Å². The van der Waals surface area contributed by atoms with Gasteiger partial charge in [-0.05, 0) is 0 Å². The van der Waals surface area contributed by atoms with E-state index in [0.29, 0.717) is 0 Å². The van der Waals surface area contributed by atoms with E-state index in [2.05, 4.69) is 13.8 Å². The minimum Gasteiger partial charge on any atom is -1.00 e. The van der Waals surface area contributed by atoms with Crippen molar-refractivity contribution in [3.63, 3.8) is 0 Å². The van der Waals surface area contributed by atoms with E-state index in [-0.39, 0.29) is 1.43 Å². The van der Waals surface area contributed by atoms with Gasteiger partial charge in [-0.2, -0.15) is 0 Å². The van der Waals surface area contributed by atoms with E-state index in [1.165, 1.54) is 231 Å². The smallest absolute Gasteiger partial charge is 1.00 e. The van der Waals surface area contributed by atoms with E-state index in [1.54, 1.807) is 10.6 Å². The number of unbranched alkanes of at least 4 members (excludes halogenated alkanes) is 34. The quantitative estimate of drug-likeness (QED) is 0.0495. The standard InChI is InChI=1S/2C20H41.Al.H/c2*1-3-5-7-9-11-13-15-17-19-20-18-16-14-12-10-8-6-4-2;;/h2*1,3-20H2,2H3;;/q;;+1;-1. The molecule has 246 valence electrons. The molecule has 0 fully saturated rings. The van der Waals surface area contributed by atoms with E-state index >= 15 is 0 Å². The van der Waals surface area contributed by atoms with Gasteiger partial charge in [-0.3, -0.25) is 0 Å². The van der Waals surface area contributed by atoms with Gasteiger partial charge in [0, 0.05) is 0 Å². The minimum absolute atomic E-state index is 0. The molecule has 0 aliphatic rings. The molecule has 0 atom stereocenters. The summed E-state index contributed by atoms with van der Waals surface area (Å²) < 4.78 is 0. The van der Waals surface area contributed by atoms with Crippen LogP contribution in [0.15, 0.2) is 0 Å². The van der Waals surface area contributed by atoms with Crippen LogP contribution in [0.1, 0.15) is 246 Å². The molecule has 0 bridgehead atoms. The zero-order valence-electron chi connectivity index (χ0n) is 30.4. The molecule has 0 aromatic heterocycles. The van der Waals surface area contributed by atoms with Gasteiger partial charge in [0.25, 0.3) is 0 Å². The fourth-order valence-electron chi connectivity index (χ4n) is 6.52. The Morgan fingerprint density at radius 1 is 0.220 bits per heavy atom.